The third-order valence-electron chi connectivity index (χ3n) is 3.46. The molecule has 0 unspecified atom stereocenters. The van der Waals surface area contributed by atoms with E-state index in [4.69, 9.17) is 38.4 Å². The summed E-state index contributed by atoms with van der Waals surface area (Å²) in [4.78, 5) is 0. The van der Waals surface area contributed by atoms with Gasteiger partial charge in [-0.05, 0) is 29.8 Å². The predicted molar refractivity (Wildman–Crippen MR) is 84.3 cm³/mol. The van der Waals surface area contributed by atoms with Crippen LogP contribution in [0.3, 0.4) is 0 Å². The Morgan fingerprint density at radius 1 is 1.10 bits per heavy atom. The Bertz CT molecular complexity index is 674. The first-order valence-corrected chi connectivity index (χ1v) is 7.48. The van der Waals surface area contributed by atoms with Crippen molar-refractivity contribution in [2.45, 2.75) is 19.6 Å². The van der Waals surface area contributed by atoms with Crippen LogP contribution in [0.15, 0.2) is 30.3 Å². The number of benzene rings is 2. The summed E-state index contributed by atoms with van der Waals surface area (Å²) in [5, 5.41) is 1.32. The summed E-state index contributed by atoms with van der Waals surface area (Å²) in [6, 6.07) is 9.26. The number of fused-ring (bicyclic) bond motifs is 1. The highest BCUT2D eigenvalue weighted by molar-refractivity contribution is 6.31. The SMILES string of the molecule is NCc1ccc(Cl)cc1OCc1cc(Cl)cc2c1OCC2. The van der Waals surface area contributed by atoms with E-state index >= 15 is 0 Å². The van der Waals surface area contributed by atoms with E-state index in [9.17, 15) is 0 Å². The van der Waals surface area contributed by atoms with E-state index in [1.54, 1.807) is 12.1 Å². The topological polar surface area (TPSA) is 44.5 Å². The molecule has 0 aromatic heterocycles. The molecule has 3 rings (SSSR count). The Hall–Kier alpha value is -1.42. The second-order valence-corrected chi connectivity index (χ2v) is 5.77. The van der Waals surface area contributed by atoms with Crippen LogP contribution in [0.25, 0.3) is 0 Å². The molecule has 2 aromatic carbocycles. The number of hydrogen-bond acceptors (Lipinski definition) is 3. The third kappa shape index (κ3) is 3.10. The Morgan fingerprint density at radius 2 is 1.95 bits per heavy atom. The lowest BCUT2D eigenvalue weighted by Gasteiger charge is -2.13. The van der Waals surface area contributed by atoms with Gasteiger partial charge in [-0.2, -0.15) is 0 Å². The molecule has 0 radical (unpaired) electrons. The van der Waals surface area contributed by atoms with Gasteiger partial charge in [0.15, 0.2) is 0 Å². The zero-order chi connectivity index (χ0) is 14.8. The Kier molecular flexibility index (Phi) is 4.24. The highest BCUT2D eigenvalue weighted by Crippen LogP contribution is 2.34. The summed E-state index contributed by atoms with van der Waals surface area (Å²) in [6.45, 7) is 1.46. The van der Waals surface area contributed by atoms with Crippen LogP contribution in [0.4, 0.5) is 0 Å². The molecule has 2 N–H and O–H groups in total. The molecule has 110 valence electrons. The standard InChI is InChI=1S/C16H15Cl2NO2/c17-13-2-1-11(8-19)15(7-13)21-9-12-6-14(18)5-10-3-4-20-16(10)12/h1-2,5-7H,3-4,8-9,19H2. The normalized spacial score (nSPS) is 12.9. The van der Waals surface area contributed by atoms with Gasteiger partial charge in [-0.15, -0.1) is 0 Å². The first kappa shape index (κ1) is 14.5. The average molecular weight is 324 g/mol. The van der Waals surface area contributed by atoms with E-state index in [0.717, 1.165) is 28.9 Å². The van der Waals surface area contributed by atoms with Gasteiger partial charge in [-0.25, -0.2) is 0 Å². The van der Waals surface area contributed by atoms with Crippen molar-refractivity contribution in [3.63, 3.8) is 0 Å². The van der Waals surface area contributed by atoms with Gasteiger partial charge in [0.05, 0.1) is 6.61 Å². The number of nitrogens with two attached hydrogens (primary N) is 1. The Balaban J connectivity index is 1.84. The van der Waals surface area contributed by atoms with E-state index in [0.29, 0.717) is 35.6 Å². The lowest BCUT2D eigenvalue weighted by molar-refractivity contribution is 0.289. The molecule has 1 aliphatic rings. The van der Waals surface area contributed by atoms with Gasteiger partial charge in [0.25, 0.3) is 0 Å². The summed E-state index contributed by atoms with van der Waals surface area (Å²) >= 11 is 12.1. The van der Waals surface area contributed by atoms with Gasteiger partial charge >= 0.3 is 0 Å². The van der Waals surface area contributed by atoms with Crippen molar-refractivity contribution in [3.8, 4) is 11.5 Å². The van der Waals surface area contributed by atoms with E-state index < -0.39 is 0 Å². The van der Waals surface area contributed by atoms with Crippen molar-refractivity contribution in [3.05, 3.63) is 57.1 Å². The van der Waals surface area contributed by atoms with Gasteiger partial charge in [0.1, 0.15) is 18.1 Å². The van der Waals surface area contributed by atoms with E-state index in [1.807, 2.05) is 18.2 Å². The molecule has 0 saturated heterocycles. The van der Waals surface area contributed by atoms with Gasteiger partial charge < -0.3 is 15.2 Å². The largest absolute Gasteiger partial charge is 0.493 e. The molecule has 1 aliphatic heterocycles. The first-order valence-electron chi connectivity index (χ1n) is 6.73. The fourth-order valence-electron chi connectivity index (χ4n) is 2.44. The van der Waals surface area contributed by atoms with Gasteiger partial charge in [-0.1, -0.05) is 29.3 Å². The minimum absolute atomic E-state index is 0.371. The Labute approximate surface area is 133 Å². The summed E-state index contributed by atoms with van der Waals surface area (Å²) in [7, 11) is 0. The van der Waals surface area contributed by atoms with Crippen molar-refractivity contribution >= 4 is 23.2 Å². The molecule has 0 fully saturated rings. The molecule has 0 aliphatic carbocycles. The second kappa shape index (κ2) is 6.14. The highest BCUT2D eigenvalue weighted by Gasteiger charge is 2.18. The van der Waals surface area contributed by atoms with Crippen molar-refractivity contribution in [1.82, 2.24) is 0 Å². The van der Waals surface area contributed by atoms with Gasteiger partial charge in [0.2, 0.25) is 0 Å². The van der Waals surface area contributed by atoms with Crippen molar-refractivity contribution < 1.29 is 9.47 Å². The monoisotopic (exact) mass is 323 g/mol. The number of halogens is 2. The third-order valence-corrected chi connectivity index (χ3v) is 3.91. The summed E-state index contributed by atoms with van der Waals surface area (Å²) < 4.78 is 11.5. The molecular weight excluding hydrogens is 309 g/mol. The number of rotatable bonds is 4. The first-order chi connectivity index (χ1) is 10.2. The minimum atomic E-state index is 0.371. The van der Waals surface area contributed by atoms with Crippen LogP contribution < -0.4 is 15.2 Å². The molecule has 5 heteroatoms. The van der Waals surface area contributed by atoms with Crippen LogP contribution in [0.5, 0.6) is 11.5 Å². The van der Waals surface area contributed by atoms with Crippen LogP contribution in [-0.4, -0.2) is 6.61 Å². The Morgan fingerprint density at radius 3 is 2.76 bits per heavy atom. The second-order valence-electron chi connectivity index (χ2n) is 4.90. The molecule has 0 saturated carbocycles. The van der Waals surface area contributed by atoms with Crippen LogP contribution in [0.1, 0.15) is 16.7 Å². The number of ether oxygens (including phenoxy) is 2. The lowest BCUT2D eigenvalue weighted by atomic mass is 10.1. The van der Waals surface area contributed by atoms with Crippen LogP contribution in [0, 0.1) is 0 Å². The number of hydrogen-bond donors (Lipinski definition) is 1. The smallest absolute Gasteiger partial charge is 0.129 e. The molecule has 0 atom stereocenters. The van der Waals surface area contributed by atoms with Crippen LogP contribution in [-0.2, 0) is 19.6 Å². The molecule has 0 spiro atoms. The van der Waals surface area contributed by atoms with Gasteiger partial charge in [0, 0.05) is 34.1 Å². The molecule has 1 heterocycles. The van der Waals surface area contributed by atoms with Crippen molar-refractivity contribution in [2.75, 3.05) is 6.61 Å². The fraction of sp³-hybridized carbons (Fsp3) is 0.250. The van der Waals surface area contributed by atoms with E-state index in [-0.39, 0.29) is 0 Å². The molecular formula is C16H15Cl2NO2. The predicted octanol–water partition coefficient (Wildman–Crippen LogP) is 3.97. The van der Waals surface area contributed by atoms with E-state index in [2.05, 4.69) is 0 Å². The van der Waals surface area contributed by atoms with E-state index in [1.165, 1.54) is 0 Å². The van der Waals surface area contributed by atoms with Crippen molar-refractivity contribution in [1.29, 1.82) is 0 Å². The van der Waals surface area contributed by atoms with Crippen molar-refractivity contribution in [2.24, 2.45) is 5.73 Å². The molecule has 2 aromatic rings. The highest BCUT2D eigenvalue weighted by atomic mass is 35.5. The molecule has 0 amide bonds. The maximum absolute atomic E-state index is 6.14. The zero-order valence-corrected chi connectivity index (χ0v) is 12.9. The summed E-state index contributed by atoms with van der Waals surface area (Å²) in [5.41, 5.74) is 8.70. The summed E-state index contributed by atoms with van der Waals surface area (Å²) in [6.07, 6.45) is 0.883. The maximum Gasteiger partial charge on any atom is 0.129 e. The van der Waals surface area contributed by atoms with Crippen LogP contribution in [0.2, 0.25) is 10.0 Å². The molecule has 3 nitrogen and oxygen atoms in total. The summed E-state index contributed by atoms with van der Waals surface area (Å²) in [5.74, 6) is 1.58. The zero-order valence-electron chi connectivity index (χ0n) is 11.4. The minimum Gasteiger partial charge on any atom is -0.493 e. The fourth-order valence-corrected chi connectivity index (χ4v) is 2.87. The quantitative estimate of drug-likeness (QED) is 0.926. The lowest BCUT2D eigenvalue weighted by Crippen LogP contribution is -2.03. The van der Waals surface area contributed by atoms with Crippen LogP contribution >= 0.6 is 23.2 Å². The molecule has 21 heavy (non-hydrogen) atoms. The molecule has 0 bridgehead atoms. The van der Waals surface area contributed by atoms with Gasteiger partial charge in [-0.3, -0.25) is 0 Å². The average Bonchev–Trinajstić information content (AvgIpc) is 2.93. The maximum atomic E-state index is 6.14.